The second kappa shape index (κ2) is 9.96. The van der Waals surface area contributed by atoms with E-state index in [1.165, 1.54) is 38.5 Å². The summed E-state index contributed by atoms with van der Waals surface area (Å²) < 4.78 is 0. The van der Waals surface area contributed by atoms with Crippen LogP contribution in [0, 0.1) is 11.8 Å². The van der Waals surface area contributed by atoms with Crippen LogP contribution < -0.4 is 10.6 Å². The molecule has 0 aromatic heterocycles. The Bertz CT molecular complexity index is 337. The maximum absolute atomic E-state index is 11.9. The maximum atomic E-state index is 11.9. The van der Waals surface area contributed by atoms with Gasteiger partial charge in [-0.25, -0.2) is 0 Å². The van der Waals surface area contributed by atoms with E-state index in [0.29, 0.717) is 6.54 Å². The zero-order valence-electron chi connectivity index (χ0n) is 14.2. The zero-order valence-corrected chi connectivity index (χ0v) is 15.8. The number of carbonyl (C=O) groups excluding carboxylic acids is 1. The first-order chi connectivity index (χ1) is 9.52. The Morgan fingerprint density at radius 1 is 1.23 bits per heavy atom. The molecule has 2 aliphatic carbocycles. The fraction of sp³-hybridized carbons (Fsp3) is 0.938. The fourth-order valence-corrected chi connectivity index (χ4v) is 3.39. The van der Waals surface area contributed by atoms with Gasteiger partial charge in [0, 0.05) is 12.1 Å². The predicted octanol–water partition coefficient (Wildman–Crippen LogP) is 2.46. The number of nitrogens with zero attached hydrogens (tertiary/aromatic N) is 1. The van der Waals surface area contributed by atoms with Gasteiger partial charge in [-0.2, -0.15) is 0 Å². The SMILES string of the molecule is CC1CCCC(CNC(=O)CNCC2CC2)(N(C)C)C1.Cl.Cl. The lowest BCUT2D eigenvalue weighted by Gasteiger charge is -2.45. The van der Waals surface area contributed by atoms with Crippen molar-refractivity contribution in [1.29, 1.82) is 0 Å². The Morgan fingerprint density at radius 3 is 2.45 bits per heavy atom. The molecular weight excluding hydrogens is 321 g/mol. The summed E-state index contributed by atoms with van der Waals surface area (Å²) in [5, 5.41) is 6.41. The highest BCUT2D eigenvalue weighted by Gasteiger charge is 2.37. The molecule has 6 heteroatoms. The summed E-state index contributed by atoms with van der Waals surface area (Å²) >= 11 is 0. The number of likely N-dealkylation sites (N-methyl/N-ethyl adjacent to an activating group) is 1. The van der Waals surface area contributed by atoms with Crippen molar-refractivity contribution in [3.05, 3.63) is 0 Å². The van der Waals surface area contributed by atoms with Crippen LogP contribution in [0.15, 0.2) is 0 Å². The standard InChI is InChI=1S/C16H31N3O.2ClH/c1-13-5-4-8-16(9-13,19(2)3)12-18-15(20)11-17-10-14-6-7-14;;/h13-14,17H,4-12H2,1-3H3,(H,18,20);2*1H. The molecule has 2 saturated carbocycles. The van der Waals surface area contributed by atoms with E-state index in [1.807, 2.05) is 0 Å². The normalized spacial score (nSPS) is 27.7. The van der Waals surface area contributed by atoms with Gasteiger partial charge in [-0.1, -0.05) is 19.8 Å². The van der Waals surface area contributed by atoms with Crippen LogP contribution in [0.25, 0.3) is 0 Å². The second-order valence-electron chi connectivity index (χ2n) is 7.17. The lowest BCUT2D eigenvalue weighted by molar-refractivity contribution is -0.121. The molecule has 0 radical (unpaired) electrons. The van der Waals surface area contributed by atoms with Crippen LogP contribution in [-0.2, 0) is 4.79 Å². The molecule has 0 aromatic rings. The van der Waals surface area contributed by atoms with Crippen molar-refractivity contribution < 1.29 is 4.79 Å². The summed E-state index contributed by atoms with van der Waals surface area (Å²) in [6.45, 7) is 4.59. The van der Waals surface area contributed by atoms with Crippen LogP contribution in [0.1, 0.15) is 45.4 Å². The van der Waals surface area contributed by atoms with Gasteiger partial charge in [0.15, 0.2) is 0 Å². The summed E-state index contributed by atoms with van der Waals surface area (Å²) in [6.07, 6.45) is 7.64. The summed E-state index contributed by atoms with van der Waals surface area (Å²) in [7, 11) is 4.30. The molecule has 0 heterocycles. The number of carbonyl (C=O) groups is 1. The minimum atomic E-state index is 0. The van der Waals surface area contributed by atoms with Gasteiger partial charge >= 0.3 is 0 Å². The molecule has 0 bridgehead atoms. The summed E-state index contributed by atoms with van der Waals surface area (Å²) in [6, 6.07) is 0. The largest absolute Gasteiger partial charge is 0.353 e. The third-order valence-corrected chi connectivity index (χ3v) is 5.05. The summed E-state index contributed by atoms with van der Waals surface area (Å²) in [5.74, 6) is 1.73. The molecule has 2 unspecified atom stereocenters. The predicted molar refractivity (Wildman–Crippen MR) is 97.1 cm³/mol. The fourth-order valence-electron chi connectivity index (χ4n) is 3.39. The maximum Gasteiger partial charge on any atom is 0.234 e. The molecule has 0 saturated heterocycles. The molecule has 132 valence electrons. The molecule has 0 aromatic carbocycles. The monoisotopic (exact) mass is 353 g/mol. The second-order valence-corrected chi connectivity index (χ2v) is 7.17. The van der Waals surface area contributed by atoms with E-state index in [9.17, 15) is 4.79 Å². The number of halogens is 2. The molecule has 1 amide bonds. The zero-order chi connectivity index (χ0) is 14.6. The molecule has 2 atom stereocenters. The van der Waals surface area contributed by atoms with Crippen LogP contribution in [-0.4, -0.2) is 50.1 Å². The molecule has 0 aliphatic heterocycles. The summed E-state index contributed by atoms with van der Waals surface area (Å²) in [5.41, 5.74) is 0.157. The minimum absolute atomic E-state index is 0. The van der Waals surface area contributed by atoms with Crippen LogP contribution in [0.5, 0.6) is 0 Å². The van der Waals surface area contributed by atoms with Crippen LogP contribution in [0.4, 0.5) is 0 Å². The van der Waals surface area contributed by atoms with Gasteiger partial charge in [0.25, 0.3) is 0 Å². The van der Waals surface area contributed by atoms with Crippen molar-refractivity contribution in [2.75, 3.05) is 33.7 Å². The van der Waals surface area contributed by atoms with Crippen LogP contribution in [0.2, 0.25) is 0 Å². The van der Waals surface area contributed by atoms with Gasteiger partial charge in [-0.15, -0.1) is 24.8 Å². The summed E-state index contributed by atoms with van der Waals surface area (Å²) in [4.78, 5) is 14.3. The van der Waals surface area contributed by atoms with Crippen molar-refractivity contribution in [3.8, 4) is 0 Å². The molecule has 2 aliphatic rings. The first-order valence-electron chi connectivity index (χ1n) is 8.17. The first-order valence-corrected chi connectivity index (χ1v) is 8.17. The lowest BCUT2D eigenvalue weighted by Crippen LogP contribution is -2.55. The Balaban J connectivity index is 0.00000220. The van der Waals surface area contributed by atoms with Crippen molar-refractivity contribution >= 4 is 30.7 Å². The van der Waals surface area contributed by atoms with Crippen molar-refractivity contribution in [2.45, 2.75) is 51.0 Å². The van der Waals surface area contributed by atoms with Crippen LogP contribution in [0.3, 0.4) is 0 Å². The van der Waals surface area contributed by atoms with Gasteiger partial charge in [-0.3, -0.25) is 4.79 Å². The minimum Gasteiger partial charge on any atom is -0.353 e. The van der Waals surface area contributed by atoms with Crippen molar-refractivity contribution in [2.24, 2.45) is 11.8 Å². The molecule has 2 N–H and O–H groups in total. The highest BCUT2D eigenvalue weighted by atomic mass is 35.5. The average Bonchev–Trinajstić information content (AvgIpc) is 3.20. The quantitative estimate of drug-likeness (QED) is 0.738. The van der Waals surface area contributed by atoms with Gasteiger partial charge < -0.3 is 15.5 Å². The lowest BCUT2D eigenvalue weighted by atomic mass is 9.75. The van der Waals surface area contributed by atoms with E-state index in [2.05, 4.69) is 36.6 Å². The van der Waals surface area contributed by atoms with E-state index < -0.39 is 0 Å². The highest BCUT2D eigenvalue weighted by molar-refractivity contribution is 5.85. The van der Waals surface area contributed by atoms with E-state index >= 15 is 0 Å². The van der Waals surface area contributed by atoms with E-state index in [0.717, 1.165) is 24.9 Å². The number of hydrogen-bond acceptors (Lipinski definition) is 3. The Labute approximate surface area is 148 Å². The number of hydrogen-bond donors (Lipinski definition) is 2. The first kappa shape index (κ1) is 22.0. The molecule has 4 nitrogen and oxygen atoms in total. The number of amides is 1. The van der Waals surface area contributed by atoms with E-state index in [1.54, 1.807) is 0 Å². The van der Waals surface area contributed by atoms with E-state index in [-0.39, 0.29) is 36.3 Å². The van der Waals surface area contributed by atoms with Crippen molar-refractivity contribution in [1.82, 2.24) is 15.5 Å². The third kappa shape index (κ3) is 6.61. The molecule has 22 heavy (non-hydrogen) atoms. The van der Waals surface area contributed by atoms with Gasteiger partial charge in [0.2, 0.25) is 5.91 Å². The smallest absolute Gasteiger partial charge is 0.234 e. The van der Waals surface area contributed by atoms with Gasteiger partial charge in [0.1, 0.15) is 0 Å². The topological polar surface area (TPSA) is 44.4 Å². The number of nitrogens with one attached hydrogen (secondary N) is 2. The molecular formula is C16H33Cl2N3O. The van der Waals surface area contributed by atoms with E-state index in [4.69, 9.17) is 0 Å². The Morgan fingerprint density at radius 2 is 1.91 bits per heavy atom. The Kier molecular flexibility index (Phi) is 9.95. The highest BCUT2D eigenvalue weighted by Crippen LogP contribution is 2.35. The Hall–Kier alpha value is -0.0300. The third-order valence-electron chi connectivity index (χ3n) is 5.05. The average molecular weight is 354 g/mol. The number of rotatable bonds is 7. The van der Waals surface area contributed by atoms with Crippen LogP contribution >= 0.6 is 24.8 Å². The van der Waals surface area contributed by atoms with Gasteiger partial charge in [0.05, 0.1) is 6.54 Å². The molecule has 2 fully saturated rings. The van der Waals surface area contributed by atoms with Gasteiger partial charge in [-0.05, 0) is 58.2 Å². The molecule has 0 spiro atoms. The molecule has 2 rings (SSSR count). The van der Waals surface area contributed by atoms with Crippen molar-refractivity contribution in [3.63, 3.8) is 0 Å².